The second-order valence-corrected chi connectivity index (χ2v) is 5.29. The molecule has 0 saturated carbocycles. The highest BCUT2D eigenvalue weighted by Gasteiger charge is 2.14. The third-order valence-electron chi connectivity index (χ3n) is 3.15. The predicted octanol–water partition coefficient (Wildman–Crippen LogP) is 2.74. The van der Waals surface area contributed by atoms with E-state index in [-0.39, 0.29) is 17.2 Å². The Labute approximate surface area is 144 Å². The molecule has 0 atom stereocenters. The van der Waals surface area contributed by atoms with Gasteiger partial charge in [-0.2, -0.15) is 0 Å². The van der Waals surface area contributed by atoms with E-state index in [2.05, 4.69) is 5.32 Å². The third kappa shape index (κ3) is 4.89. The Balaban J connectivity index is 2.06. The maximum atomic E-state index is 12.3. The maximum absolute atomic E-state index is 12.3. The summed E-state index contributed by atoms with van der Waals surface area (Å²) < 4.78 is 10.2. The molecule has 0 heterocycles. The zero-order chi connectivity index (χ0) is 17.5. The minimum Gasteiger partial charge on any atom is -0.497 e. The van der Waals surface area contributed by atoms with Crippen molar-refractivity contribution in [1.29, 1.82) is 0 Å². The first-order valence-corrected chi connectivity index (χ1v) is 7.42. The number of amides is 1. The van der Waals surface area contributed by atoms with Crippen molar-refractivity contribution >= 4 is 23.5 Å². The zero-order valence-electron chi connectivity index (χ0n) is 12.9. The number of carbonyl (C=O) groups is 2. The molecule has 6 nitrogen and oxygen atoms in total. The van der Waals surface area contributed by atoms with Crippen molar-refractivity contribution in [2.75, 3.05) is 13.7 Å². The molecule has 2 aromatic carbocycles. The number of carbonyl (C=O) groups excluding carboxylic acids is 1. The molecule has 0 radical (unpaired) electrons. The number of methoxy groups -OCH3 is 1. The number of carboxylic acid groups (broad SMARTS) is 1. The number of aliphatic carboxylic acids is 1. The van der Waals surface area contributed by atoms with Crippen LogP contribution in [0.1, 0.15) is 15.9 Å². The summed E-state index contributed by atoms with van der Waals surface area (Å²) in [5.74, 6) is -0.674. The first-order valence-electron chi connectivity index (χ1n) is 7.05. The van der Waals surface area contributed by atoms with E-state index < -0.39 is 12.6 Å². The smallest absolute Gasteiger partial charge is 0.341 e. The monoisotopic (exact) mass is 349 g/mol. The zero-order valence-corrected chi connectivity index (χ0v) is 13.7. The second-order valence-electron chi connectivity index (χ2n) is 4.85. The van der Waals surface area contributed by atoms with Crippen LogP contribution in [-0.2, 0) is 11.3 Å². The van der Waals surface area contributed by atoms with Gasteiger partial charge in [-0.1, -0.05) is 23.7 Å². The first-order chi connectivity index (χ1) is 11.5. The van der Waals surface area contributed by atoms with Gasteiger partial charge < -0.3 is 19.9 Å². The summed E-state index contributed by atoms with van der Waals surface area (Å²) in [6.45, 7) is -0.247. The number of hydrogen-bond donors (Lipinski definition) is 2. The van der Waals surface area contributed by atoms with Gasteiger partial charge in [-0.25, -0.2) is 4.79 Å². The average Bonchev–Trinajstić information content (AvgIpc) is 2.58. The minimum absolute atomic E-state index is 0.122. The fraction of sp³-hybridized carbons (Fsp3) is 0.176. The van der Waals surface area contributed by atoms with Crippen LogP contribution < -0.4 is 14.8 Å². The number of benzene rings is 2. The van der Waals surface area contributed by atoms with Crippen LogP contribution in [0.2, 0.25) is 5.02 Å². The topological polar surface area (TPSA) is 84.9 Å². The van der Waals surface area contributed by atoms with Crippen LogP contribution in [0.4, 0.5) is 0 Å². The standard InChI is InChI=1S/C17H16ClNO5/c1-23-13-5-2-11(3-6-13)9-19-17(22)14-7-4-12(18)8-15(14)24-10-16(20)21/h2-8H,9-10H2,1H3,(H,19,22)(H,20,21). The van der Waals surface area contributed by atoms with Crippen molar-refractivity contribution in [2.45, 2.75) is 6.54 Å². The molecule has 0 bridgehead atoms. The molecule has 0 saturated heterocycles. The molecule has 24 heavy (non-hydrogen) atoms. The minimum atomic E-state index is -1.14. The van der Waals surface area contributed by atoms with Gasteiger partial charge in [0.25, 0.3) is 5.91 Å². The predicted molar refractivity (Wildman–Crippen MR) is 88.7 cm³/mol. The lowest BCUT2D eigenvalue weighted by atomic mass is 10.1. The van der Waals surface area contributed by atoms with E-state index in [1.54, 1.807) is 19.2 Å². The fourth-order valence-corrected chi connectivity index (χ4v) is 2.13. The van der Waals surface area contributed by atoms with Crippen molar-refractivity contribution in [3.8, 4) is 11.5 Å². The van der Waals surface area contributed by atoms with Gasteiger partial charge in [-0.05, 0) is 35.9 Å². The summed E-state index contributed by atoms with van der Waals surface area (Å²) in [5, 5.41) is 11.8. The number of ether oxygens (including phenoxy) is 2. The summed E-state index contributed by atoms with van der Waals surface area (Å²) in [6, 6.07) is 11.7. The molecule has 126 valence electrons. The molecule has 2 rings (SSSR count). The van der Waals surface area contributed by atoms with Gasteiger partial charge in [0.05, 0.1) is 12.7 Å². The molecule has 0 aliphatic carbocycles. The Kier molecular flexibility index (Phi) is 6.03. The van der Waals surface area contributed by atoms with Crippen molar-refractivity contribution in [2.24, 2.45) is 0 Å². The molecular weight excluding hydrogens is 334 g/mol. The van der Waals surface area contributed by atoms with E-state index in [4.69, 9.17) is 26.2 Å². The van der Waals surface area contributed by atoms with Crippen molar-refractivity contribution < 1.29 is 24.2 Å². The molecule has 0 fully saturated rings. The average molecular weight is 350 g/mol. The van der Waals surface area contributed by atoms with Crippen LogP contribution in [0.5, 0.6) is 11.5 Å². The van der Waals surface area contributed by atoms with Crippen LogP contribution in [0.25, 0.3) is 0 Å². The van der Waals surface area contributed by atoms with E-state index in [0.29, 0.717) is 11.6 Å². The number of carboxylic acids is 1. The van der Waals surface area contributed by atoms with Gasteiger partial charge in [-0.15, -0.1) is 0 Å². The lowest BCUT2D eigenvalue weighted by Gasteiger charge is -2.11. The largest absolute Gasteiger partial charge is 0.497 e. The molecule has 0 spiro atoms. The number of nitrogens with one attached hydrogen (secondary N) is 1. The number of hydrogen-bond acceptors (Lipinski definition) is 4. The van der Waals surface area contributed by atoms with Gasteiger partial charge in [0.2, 0.25) is 0 Å². The quantitative estimate of drug-likeness (QED) is 0.802. The lowest BCUT2D eigenvalue weighted by Crippen LogP contribution is -2.24. The van der Waals surface area contributed by atoms with Crippen LogP contribution in [0.3, 0.4) is 0 Å². The first kappa shape index (κ1) is 17.6. The van der Waals surface area contributed by atoms with Crippen molar-refractivity contribution in [3.05, 3.63) is 58.6 Å². The molecular formula is C17H16ClNO5. The van der Waals surface area contributed by atoms with Crippen LogP contribution in [0.15, 0.2) is 42.5 Å². The van der Waals surface area contributed by atoms with Crippen LogP contribution in [0, 0.1) is 0 Å². The Morgan fingerprint density at radius 2 is 1.88 bits per heavy atom. The highest BCUT2D eigenvalue weighted by Crippen LogP contribution is 2.23. The highest BCUT2D eigenvalue weighted by atomic mass is 35.5. The van der Waals surface area contributed by atoms with Crippen molar-refractivity contribution in [3.63, 3.8) is 0 Å². The van der Waals surface area contributed by atoms with Gasteiger partial charge in [0, 0.05) is 11.6 Å². The second kappa shape index (κ2) is 8.21. The summed E-state index contributed by atoms with van der Waals surface area (Å²) in [6.07, 6.45) is 0. The van der Waals surface area contributed by atoms with Crippen LogP contribution >= 0.6 is 11.6 Å². The molecule has 0 aromatic heterocycles. The Bertz CT molecular complexity index is 730. The summed E-state index contributed by atoms with van der Waals surface area (Å²) in [5.41, 5.74) is 1.11. The Morgan fingerprint density at radius 1 is 1.17 bits per heavy atom. The van der Waals surface area contributed by atoms with Gasteiger partial charge in [-0.3, -0.25) is 4.79 Å². The van der Waals surface area contributed by atoms with E-state index >= 15 is 0 Å². The van der Waals surface area contributed by atoms with E-state index in [9.17, 15) is 9.59 Å². The summed E-state index contributed by atoms with van der Waals surface area (Å²) >= 11 is 5.87. The fourth-order valence-electron chi connectivity index (χ4n) is 1.96. The van der Waals surface area contributed by atoms with Gasteiger partial charge >= 0.3 is 5.97 Å². The Morgan fingerprint density at radius 3 is 2.50 bits per heavy atom. The number of rotatable bonds is 7. The van der Waals surface area contributed by atoms with E-state index in [1.165, 1.54) is 18.2 Å². The molecule has 0 aliphatic heterocycles. The lowest BCUT2D eigenvalue weighted by molar-refractivity contribution is -0.139. The van der Waals surface area contributed by atoms with Gasteiger partial charge in [0.1, 0.15) is 11.5 Å². The molecule has 1 amide bonds. The molecule has 0 aliphatic rings. The third-order valence-corrected chi connectivity index (χ3v) is 3.39. The van der Waals surface area contributed by atoms with E-state index in [0.717, 1.165) is 11.3 Å². The molecule has 7 heteroatoms. The van der Waals surface area contributed by atoms with Gasteiger partial charge in [0.15, 0.2) is 6.61 Å². The molecule has 2 aromatic rings. The highest BCUT2D eigenvalue weighted by molar-refractivity contribution is 6.30. The Hall–Kier alpha value is -2.73. The van der Waals surface area contributed by atoms with E-state index in [1.807, 2.05) is 12.1 Å². The number of halogens is 1. The normalized spacial score (nSPS) is 10.1. The summed E-state index contributed by atoms with van der Waals surface area (Å²) in [7, 11) is 1.58. The SMILES string of the molecule is COc1ccc(CNC(=O)c2ccc(Cl)cc2OCC(=O)O)cc1. The maximum Gasteiger partial charge on any atom is 0.341 e. The molecule has 2 N–H and O–H groups in total. The van der Waals surface area contributed by atoms with Crippen LogP contribution in [-0.4, -0.2) is 30.7 Å². The van der Waals surface area contributed by atoms with Crippen molar-refractivity contribution in [1.82, 2.24) is 5.32 Å². The summed E-state index contributed by atoms with van der Waals surface area (Å²) in [4.78, 5) is 22.9. The molecule has 0 unspecified atom stereocenters.